The molecule has 2 atom stereocenters. The Hall–Kier alpha value is -1.20. The van der Waals surface area contributed by atoms with Crippen molar-refractivity contribution in [3.05, 3.63) is 44.3 Å². The summed E-state index contributed by atoms with van der Waals surface area (Å²) in [6, 6.07) is 0. The minimum Gasteiger partial charge on any atom is -0.386 e. The third-order valence-corrected chi connectivity index (χ3v) is 7.83. The van der Waals surface area contributed by atoms with E-state index in [-0.39, 0.29) is 9.49 Å². The van der Waals surface area contributed by atoms with Crippen LogP contribution in [0.25, 0.3) is 0 Å². The van der Waals surface area contributed by atoms with Crippen LogP contribution in [-0.4, -0.2) is 21.4 Å². The lowest BCUT2D eigenvalue weighted by molar-refractivity contribution is -0.149. The lowest BCUT2D eigenvalue weighted by Gasteiger charge is -2.45. The second kappa shape index (κ2) is 3.76. The monoisotopic (exact) mass is 318 g/mol. The number of cyclic esters (lactones) is 2. The molecule has 4 aliphatic rings. The minimum atomic E-state index is -0.500. The molecule has 0 aromatic carbocycles. The summed E-state index contributed by atoms with van der Waals surface area (Å²) in [5, 5.41) is 0. The number of rotatable bonds is 0. The van der Waals surface area contributed by atoms with Gasteiger partial charge in [0.1, 0.15) is 0 Å². The van der Waals surface area contributed by atoms with Gasteiger partial charge in [0.2, 0.25) is 0 Å². The van der Waals surface area contributed by atoms with Crippen molar-refractivity contribution >= 4 is 35.5 Å². The number of carbonyl (C=O) groups excluding carboxylic acids is 2. The van der Waals surface area contributed by atoms with E-state index in [0.29, 0.717) is 11.1 Å². The highest BCUT2D eigenvalue weighted by Crippen LogP contribution is 2.67. The number of carbonyl (C=O) groups is 2. The van der Waals surface area contributed by atoms with E-state index in [0.717, 1.165) is 11.1 Å². The van der Waals surface area contributed by atoms with Crippen molar-refractivity contribution in [3.63, 3.8) is 0 Å². The maximum Gasteiger partial charge on any atom is 0.347 e. The second-order valence-electron chi connectivity index (χ2n) is 6.03. The third-order valence-electron chi connectivity index (χ3n) is 4.75. The summed E-state index contributed by atoms with van der Waals surface area (Å²) in [4.78, 5) is 26.7. The SMILES string of the molecule is CC1=CC2=C3C(=O)OC(=O)C3=C3C=C(C)SC3(C)C2(C)S1. The van der Waals surface area contributed by atoms with Crippen LogP contribution in [0.1, 0.15) is 27.7 Å². The highest BCUT2D eigenvalue weighted by molar-refractivity contribution is 8.09. The summed E-state index contributed by atoms with van der Waals surface area (Å²) in [5.74, 6) is -0.999. The average molecular weight is 318 g/mol. The average Bonchev–Trinajstić information content (AvgIpc) is 2.93. The van der Waals surface area contributed by atoms with Gasteiger partial charge in [-0.2, -0.15) is 0 Å². The molecule has 3 heterocycles. The Morgan fingerprint density at radius 3 is 1.62 bits per heavy atom. The fraction of sp³-hybridized carbons (Fsp3) is 0.375. The molecule has 5 heteroatoms. The molecule has 1 aliphatic carbocycles. The van der Waals surface area contributed by atoms with E-state index in [1.807, 2.05) is 26.0 Å². The molecule has 0 saturated carbocycles. The lowest BCUT2D eigenvalue weighted by Crippen LogP contribution is -2.48. The number of ether oxygens (including phenoxy) is 1. The first-order valence-electron chi connectivity index (χ1n) is 6.79. The van der Waals surface area contributed by atoms with E-state index in [1.165, 1.54) is 9.81 Å². The molecule has 0 radical (unpaired) electrons. The Balaban J connectivity index is 2.13. The van der Waals surface area contributed by atoms with Gasteiger partial charge in [-0.3, -0.25) is 0 Å². The number of esters is 2. The normalized spacial score (nSPS) is 37.3. The molecule has 0 bridgehead atoms. The third kappa shape index (κ3) is 1.39. The van der Waals surface area contributed by atoms with Crippen molar-refractivity contribution in [3.8, 4) is 0 Å². The fourth-order valence-corrected chi connectivity index (χ4v) is 6.75. The van der Waals surface area contributed by atoms with Crippen LogP contribution in [0.3, 0.4) is 0 Å². The van der Waals surface area contributed by atoms with Crippen molar-refractivity contribution in [2.24, 2.45) is 0 Å². The molecule has 0 aromatic heterocycles. The van der Waals surface area contributed by atoms with Gasteiger partial charge in [0.05, 0.1) is 20.6 Å². The zero-order valence-corrected chi connectivity index (χ0v) is 13.8. The van der Waals surface area contributed by atoms with Gasteiger partial charge >= 0.3 is 11.9 Å². The number of allylic oxidation sites excluding steroid dienone is 4. The van der Waals surface area contributed by atoms with E-state index in [4.69, 9.17) is 4.74 Å². The van der Waals surface area contributed by atoms with Crippen LogP contribution >= 0.6 is 23.5 Å². The number of hydrogen-bond acceptors (Lipinski definition) is 5. The Morgan fingerprint density at radius 1 is 0.857 bits per heavy atom. The summed E-state index contributed by atoms with van der Waals surface area (Å²) < 4.78 is 4.40. The molecule has 0 amide bonds. The summed E-state index contributed by atoms with van der Waals surface area (Å²) >= 11 is 3.55. The molecule has 108 valence electrons. The van der Waals surface area contributed by atoms with Crippen molar-refractivity contribution in [2.75, 3.05) is 0 Å². The van der Waals surface area contributed by atoms with Crippen LogP contribution < -0.4 is 0 Å². The van der Waals surface area contributed by atoms with Crippen molar-refractivity contribution in [2.45, 2.75) is 37.2 Å². The van der Waals surface area contributed by atoms with E-state index in [1.54, 1.807) is 23.5 Å². The molecule has 0 N–H and O–H groups in total. The molecule has 1 saturated heterocycles. The maximum absolute atomic E-state index is 12.2. The minimum absolute atomic E-state index is 0.256. The van der Waals surface area contributed by atoms with E-state index < -0.39 is 11.9 Å². The first-order valence-corrected chi connectivity index (χ1v) is 8.42. The van der Waals surface area contributed by atoms with Crippen molar-refractivity contribution in [1.29, 1.82) is 0 Å². The van der Waals surface area contributed by atoms with E-state index in [9.17, 15) is 9.59 Å². The first-order chi connectivity index (χ1) is 9.78. The highest BCUT2D eigenvalue weighted by atomic mass is 32.2. The molecule has 0 spiro atoms. The Kier molecular flexibility index (Phi) is 2.41. The summed E-state index contributed by atoms with van der Waals surface area (Å²) in [5.41, 5.74) is 2.84. The molecular formula is C16H14O3S2. The quantitative estimate of drug-likeness (QED) is 0.505. The summed E-state index contributed by atoms with van der Waals surface area (Å²) in [6.07, 6.45) is 4.08. The zero-order chi connectivity index (χ0) is 15.2. The maximum atomic E-state index is 12.2. The largest absolute Gasteiger partial charge is 0.386 e. The number of hydrogen-bond donors (Lipinski definition) is 0. The number of fused-ring (bicyclic) bond motifs is 4. The molecule has 21 heavy (non-hydrogen) atoms. The van der Waals surface area contributed by atoms with Crippen LogP contribution in [0.2, 0.25) is 0 Å². The van der Waals surface area contributed by atoms with Crippen molar-refractivity contribution < 1.29 is 14.3 Å². The summed E-state index contributed by atoms with van der Waals surface area (Å²) in [6.45, 7) is 8.43. The molecule has 4 rings (SSSR count). The predicted molar refractivity (Wildman–Crippen MR) is 84.7 cm³/mol. The van der Waals surface area contributed by atoms with Crippen LogP contribution in [0, 0.1) is 0 Å². The molecular weight excluding hydrogens is 304 g/mol. The predicted octanol–water partition coefficient (Wildman–Crippen LogP) is 3.50. The topological polar surface area (TPSA) is 43.4 Å². The van der Waals surface area contributed by atoms with Gasteiger partial charge in [0.15, 0.2) is 0 Å². The van der Waals surface area contributed by atoms with Gasteiger partial charge in [-0.15, -0.1) is 23.5 Å². The Labute approximate surface area is 131 Å². The molecule has 0 aromatic rings. The smallest absolute Gasteiger partial charge is 0.347 e. The van der Waals surface area contributed by atoms with Gasteiger partial charge in [-0.05, 0) is 60.8 Å². The van der Waals surface area contributed by atoms with Crippen LogP contribution in [0.5, 0.6) is 0 Å². The van der Waals surface area contributed by atoms with Crippen molar-refractivity contribution in [1.82, 2.24) is 0 Å². The van der Waals surface area contributed by atoms with Crippen LogP contribution in [-0.2, 0) is 14.3 Å². The second-order valence-corrected chi connectivity index (χ2v) is 9.36. The van der Waals surface area contributed by atoms with Gasteiger partial charge in [0.25, 0.3) is 0 Å². The van der Waals surface area contributed by atoms with Crippen LogP contribution in [0.4, 0.5) is 0 Å². The van der Waals surface area contributed by atoms with Crippen LogP contribution in [0.15, 0.2) is 44.3 Å². The molecule has 3 nitrogen and oxygen atoms in total. The molecule has 1 fully saturated rings. The van der Waals surface area contributed by atoms with E-state index in [2.05, 4.69) is 13.8 Å². The first kappa shape index (κ1) is 13.5. The Morgan fingerprint density at radius 2 is 1.24 bits per heavy atom. The van der Waals surface area contributed by atoms with E-state index >= 15 is 0 Å². The lowest BCUT2D eigenvalue weighted by atomic mass is 9.72. The van der Waals surface area contributed by atoms with Gasteiger partial charge < -0.3 is 4.74 Å². The summed E-state index contributed by atoms with van der Waals surface area (Å²) in [7, 11) is 0. The standard InChI is InChI=1S/C16H14O3S2/c1-7-5-9-11-12(14(18)19-13(11)17)10-6-8(2)21-16(10,4)15(9,3)20-7/h5-6H,1-4H3. The zero-order valence-electron chi connectivity index (χ0n) is 12.2. The van der Waals surface area contributed by atoms with Gasteiger partial charge in [-0.1, -0.05) is 0 Å². The molecule has 2 unspecified atom stereocenters. The molecule has 3 aliphatic heterocycles. The Bertz CT molecular complexity index is 704. The van der Waals surface area contributed by atoms with Gasteiger partial charge in [0, 0.05) is 0 Å². The highest BCUT2D eigenvalue weighted by Gasteiger charge is 2.61. The fourth-order valence-electron chi connectivity index (χ4n) is 3.70. The van der Waals surface area contributed by atoms with Gasteiger partial charge in [-0.25, -0.2) is 9.59 Å². The number of thioether (sulfide) groups is 2.